The number of carbonyl (C=O) groups is 1. The molecule has 1 amide bonds. The number of nitro groups is 1. The number of aryl methyl sites for hydroxylation is 1. The van der Waals surface area contributed by atoms with Crippen molar-refractivity contribution in [3.05, 3.63) is 69.5 Å². The minimum Gasteiger partial charge on any atom is -0.308 e. The Kier molecular flexibility index (Phi) is 3.58. The Morgan fingerprint density at radius 1 is 1.23 bits per heavy atom. The molecule has 112 valence electrons. The molecule has 0 unspecified atom stereocenters. The van der Waals surface area contributed by atoms with Crippen molar-refractivity contribution in [2.24, 2.45) is 0 Å². The average molecular weight is 300 g/mol. The molecule has 1 aliphatic heterocycles. The van der Waals surface area contributed by atoms with Crippen LogP contribution in [0.5, 0.6) is 0 Å². The van der Waals surface area contributed by atoms with E-state index in [2.05, 4.69) is 0 Å². The number of amides is 1. The van der Waals surface area contributed by atoms with Crippen molar-refractivity contribution in [1.29, 1.82) is 0 Å². The van der Waals surface area contributed by atoms with Crippen LogP contribution in [0.25, 0.3) is 0 Å². The van der Waals surface area contributed by atoms with E-state index in [0.717, 1.165) is 18.4 Å². The van der Waals surface area contributed by atoms with Crippen LogP contribution < -0.4 is 4.90 Å². The molecule has 22 heavy (non-hydrogen) atoms. The van der Waals surface area contributed by atoms with Gasteiger partial charge in [-0.15, -0.1) is 0 Å². The number of nitro benzene ring substituents is 1. The summed E-state index contributed by atoms with van der Waals surface area (Å²) in [5, 5.41) is 10.9. The third kappa shape index (κ3) is 2.43. The average Bonchev–Trinajstić information content (AvgIpc) is 2.53. The minimum atomic E-state index is -0.593. The number of benzene rings is 2. The highest BCUT2D eigenvalue weighted by Gasteiger charge is 2.26. The molecule has 0 saturated heterocycles. The van der Waals surface area contributed by atoms with Crippen molar-refractivity contribution >= 4 is 17.3 Å². The second kappa shape index (κ2) is 5.55. The molecule has 5 nitrogen and oxygen atoms in total. The van der Waals surface area contributed by atoms with Gasteiger partial charge in [0.25, 0.3) is 11.6 Å². The minimum absolute atomic E-state index is 0.0261. The first-order chi connectivity index (χ1) is 10.6. The maximum Gasteiger partial charge on any atom is 0.271 e. The normalized spacial score (nSPS) is 13.6. The van der Waals surface area contributed by atoms with E-state index in [-0.39, 0.29) is 11.3 Å². The first-order valence-electron chi connectivity index (χ1n) is 6.91. The van der Waals surface area contributed by atoms with Gasteiger partial charge in [-0.1, -0.05) is 18.2 Å². The molecule has 2 aromatic carbocycles. The fourth-order valence-electron chi connectivity index (χ4n) is 2.67. The summed E-state index contributed by atoms with van der Waals surface area (Å²) in [6, 6.07) is 10.2. The lowest BCUT2D eigenvalue weighted by molar-refractivity contribution is -0.384. The van der Waals surface area contributed by atoms with Gasteiger partial charge in [-0.05, 0) is 30.5 Å². The molecule has 2 aromatic rings. The largest absolute Gasteiger partial charge is 0.308 e. The van der Waals surface area contributed by atoms with Crippen LogP contribution in [0.3, 0.4) is 0 Å². The standard InChI is InChI=1S/C16H13FN2O3/c17-14-6-2-1-5-13(14)16(20)18-9-3-4-11-7-8-12(19(21)22)10-15(11)18/h1-2,5-8,10H,3-4,9H2. The molecule has 1 heterocycles. The Balaban J connectivity index is 2.04. The first-order valence-corrected chi connectivity index (χ1v) is 6.91. The SMILES string of the molecule is O=C(c1ccccc1F)N1CCCc2ccc([N+](=O)[O-])cc21. The van der Waals surface area contributed by atoms with Crippen LogP contribution in [0.1, 0.15) is 22.3 Å². The van der Waals surface area contributed by atoms with E-state index in [1.807, 2.05) is 0 Å². The van der Waals surface area contributed by atoms with E-state index < -0.39 is 16.6 Å². The van der Waals surface area contributed by atoms with Crippen LogP contribution >= 0.6 is 0 Å². The summed E-state index contributed by atoms with van der Waals surface area (Å²) < 4.78 is 13.8. The van der Waals surface area contributed by atoms with E-state index in [9.17, 15) is 19.3 Å². The number of nitrogens with zero attached hydrogens (tertiary/aromatic N) is 2. The van der Waals surface area contributed by atoms with E-state index >= 15 is 0 Å². The number of non-ortho nitro benzene ring substituents is 1. The maximum absolute atomic E-state index is 13.8. The van der Waals surface area contributed by atoms with E-state index in [4.69, 9.17) is 0 Å². The van der Waals surface area contributed by atoms with Gasteiger partial charge in [0, 0.05) is 18.7 Å². The van der Waals surface area contributed by atoms with Gasteiger partial charge in [0.15, 0.2) is 0 Å². The second-order valence-electron chi connectivity index (χ2n) is 5.11. The molecule has 0 N–H and O–H groups in total. The fraction of sp³-hybridized carbons (Fsp3) is 0.188. The summed E-state index contributed by atoms with van der Waals surface area (Å²) in [7, 11) is 0. The molecule has 0 atom stereocenters. The van der Waals surface area contributed by atoms with Crippen LogP contribution in [0.15, 0.2) is 42.5 Å². The zero-order chi connectivity index (χ0) is 15.7. The van der Waals surface area contributed by atoms with Gasteiger partial charge in [-0.3, -0.25) is 14.9 Å². The fourth-order valence-corrected chi connectivity index (χ4v) is 2.67. The number of anilines is 1. The van der Waals surface area contributed by atoms with Gasteiger partial charge in [-0.2, -0.15) is 0 Å². The highest BCUT2D eigenvalue weighted by molar-refractivity contribution is 6.07. The van der Waals surface area contributed by atoms with Crippen molar-refractivity contribution in [2.75, 3.05) is 11.4 Å². The van der Waals surface area contributed by atoms with E-state index in [1.165, 1.54) is 35.2 Å². The Morgan fingerprint density at radius 2 is 2.00 bits per heavy atom. The van der Waals surface area contributed by atoms with Crippen LogP contribution in [-0.4, -0.2) is 17.4 Å². The third-order valence-electron chi connectivity index (χ3n) is 3.75. The number of fused-ring (bicyclic) bond motifs is 1. The molecular weight excluding hydrogens is 287 g/mol. The summed E-state index contributed by atoms with van der Waals surface area (Å²) in [4.78, 5) is 24.4. The first kappa shape index (κ1) is 14.2. The monoisotopic (exact) mass is 300 g/mol. The zero-order valence-corrected chi connectivity index (χ0v) is 11.7. The van der Waals surface area contributed by atoms with Gasteiger partial charge < -0.3 is 4.90 Å². The Labute approximate surface area is 126 Å². The molecule has 0 bridgehead atoms. The lowest BCUT2D eigenvalue weighted by atomic mass is 10.00. The van der Waals surface area contributed by atoms with Crippen molar-refractivity contribution in [3.8, 4) is 0 Å². The van der Waals surface area contributed by atoms with Gasteiger partial charge in [-0.25, -0.2) is 4.39 Å². The third-order valence-corrected chi connectivity index (χ3v) is 3.75. The second-order valence-corrected chi connectivity index (χ2v) is 5.11. The Morgan fingerprint density at radius 3 is 2.73 bits per heavy atom. The highest BCUT2D eigenvalue weighted by Crippen LogP contribution is 2.32. The zero-order valence-electron chi connectivity index (χ0n) is 11.7. The molecule has 0 aliphatic carbocycles. The lowest BCUT2D eigenvalue weighted by Crippen LogP contribution is -2.36. The van der Waals surface area contributed by atoms with Crippen molar-refractivity contribution in [3.63, 3.8) is 0 Å². The van der Waals surface area contributed by atoms with Gasteiger partial charge in [0.05, 0.1) is 16.2 Å². The van der Waals surface area contributed by atoms with Crippen molar-refractivity contribution < 1.29 is 14.1 Å². The Bertz CT molecular complexity index is 761. The highest BCUT2D eigenvalue weighted by atomic mass is 19.1. The molecule has 6 heteroatoms. The van der Waals surface area contributed by atoms with Gasteiger partial charge >= 0.3 is 0 Å². The summed E-state index contributed by atoms with van der Waals surface area (Å²) in [5.41, 5.74) is 1.25. The van der Waals surface area contributed by atoms with Gasteiger partial charge in [0.2, 0.25) is 0 Å². The van der Waals surface area contributed by atoms with Crippen LogP contribution in [0.2, 0.25) is 0 Å². The van der Waals surface area contributed by atoms with Crippen molar-refractivity contribution in [2.45, 2.75) is 12.8 Å². The molecule has 1 aliphatic rings. The molecule has 0 radical (unpaired) electrons. The number of hydrogen-bond acceptors (Lipinski definition) is 3. The topological polar surface area (TPSA) is 63.5 Å². The number of hydrogen-bond donors (Lipinski definition) is 0. The van der Waals surface area contributed by atoms with E-state index in [1.54, 1.807) is 12.1 Å². The molecule has 0 spiro atoms. The van der Waals surface area contributed by atoms with Crippen LogP contribution in [-0.2, 0) is 6.42 Å². The summed E-state index contributed by atoms with van der Waals surface area (Å²) in [5.74, 6) is -1.07. The smallest absolute Gasteiger partial charge is 0.271 e. The van der Waals surface area contributed by atoms with E-state index in [0.29, 0.717) is 12.2 Å². The van der Waals surface area contributed by atoms with Crippen LogP contribution in [0, 0.1) is 15.9 Å². The van der Waals surface area contributed by atoms with Crippen LogP contribution in [0.4, 0.5) is 15.8 Å². The summed E-state index contributed by atoms with van der Waals surface area (Å²) >= 11 is 0. The predicted molar refractivity (Wildman–Crippen MR) is 79.5 cm³/mol. The quantitative estimate of drug-likeness (QED) is 0.631. The molecular formula is C16H13FN2O3. The molecule has 0 aromatic heterocycles. The summed E-state index contributed by atoms with van der Waals surface area (Å²) in [6.45, 7) is 0.418. The molecule has 0 saturated carbocycles. The number of carbonyl (C=O) groups excluding carboxylic acids is 1. The van der Waals surface area contributed by atoms with Crippen molar-refractivity contribution in [1.82, 2.24) is 0 Å². The van der Waals surface area contributed by atoms with Gasteiger partial charge in [0.1, 0.15) is 5.82 Å². The molecule has 3 rings (SSSR count). The Hall–Kier alpha value is -2.76. The number of rotatable bonds is 2. The summed E-state index contributed by atoms with van der Waals surface area (Å²) in [6.07, 6.45) is 1.49. The predicted octanol–water partition coefficient (Wildman–Crippen LogP) is 3.33. The lowest BCUT2D eigenvalue weighted by Gasteiger charge is -2.29. The maximum atomic E-state index is 13.8. The molecule has 0 fully saturated rings. The number of halogens is 1.